The van der Waals surface area contributed by atoms with Crippen molar-refractivity contribution in [2.75, 3.05) is 38.4 Å². The Kier molecular flexibility index (Phi) is 7.33. The first-order valence-corrected chi connectivity index (χ1v) is 8.96. The van der Waals surface area contributed by atoms with Gasteiger partial charge >= 0.3 is 0 Å². The third-order valence-corrected chi connectivity index (χ3v) is 4.27. The number of ether oxygens (including phenoxy) is 1. The van der Waals surface area contributed by atoms with Gasteiger partial charge in [-0.15, -0.1) is 0 Å². The van der Waals surface area contributed by atoms with Crippen molar-refractivity contribution in [1.82, 2.24) is 4.90 Å². The third-order valence-electron chi connectivity index (χ3n) is 3.72. The summed E-state index contributed by atoms with van der Waals surface area (Å²) >= 11 is 12.1. The molecule has 0 fully saturated rings. The number of hydrogen-bond acceptors (Lipinski definition) is 4. The van der Waals surface area contributed by atoms with Crippen molar-refractivity contribution in [3.63, 3.8) is 0 Å². The van der Waals surface area contributed by atoms with Gasteiger partial charge in [-0.3, -0.25) is 9.59 Å². The number of rotatable bonds is 7. The minimum absolute atomic E-state index is 0.189. The minimum atomic E-state index is -0.197. The molecule has 8 heteroatoms. The van der Waals surface area contributed by atoms with E-state index >= 15 is 0 Å². The zero-order chi connectivity index (χ0) is 20.0. The minimum Gasteiger partial charge on any atom is -0.495 e. The van der Waals surface area contributed by atoms with Crippen LogP contribution in [0, 0.1) is 0 Å². The molecule has 27 heavy (non-hydrogen) atoms. The molecule has 0 aliphatic rings. The topological polar surface area (TPSA) is 70.7 Å². The number of carbonyl (C=O) groups is 2. The van der Waals surface area contributed by atoms with Crippen LogP contribution in [0.3, 0.4) is 0 Å². The Morgan fingerprint density at radius 3 is 2.48 bits per heavy atom. The Morgan fingerprint density at radius 1 is 1.11 bits per heavy atom. The fourth-order valence-electron chi connectivity index (χ4n) is 2.36. The Balaban J connectivity index is 1.92. The number of nitrogens with zero attached hydrogens (tertiary/aromatic N) is 1. The highest BCUT2D eigenvalue weighted by Gasteiger charge is 2.13. The maximum atomic E-state index is 12.1. The van der Waals surface area contributed by atoms with E-state index in [2.05, 4.69) is 10.6 Å². The molecule has 2 rings (SSSR count). The predicted octanol–water partition coefficient (Wildman–Crippen LogP) is 4.14. The van der Waals surface area contributed by atoms with Crippen LogP contribution in [0.2, 0.25) is 10.0 Å². The number of halogens is 2. The lowest BCUT2D eigenvalue weighted by Gasteiger charge is -2.13. The molecule has 0 saturated heterocycles. The summed E-state index contributed by atoms with van der Waals surface area (Å²) in [5.74, 6) is 0.261. The number of nitrogens with one attached hydrogen (secondary N) is 2. The second kappa shape index (κ2) is 9.48. The lowest BCUT2D eigenvalue weighted by atomic mass is 10.2. The van der Waals surface area contributed by atoms with Gasteiger partial charge in [-0.1, -0.05) is 23.2 Å². The Morgan fingerprint density at radius 2 is 1.85 bits per heavy atom. The average molecular weight is 410 g/mol. The highest BCUT2D eigenvalue weighted by atomic mass is 35.5. The first kappa shape index (κ1) is 20.9. The van der Waals surface area contributed by atoms with Gasteiger partial charge in [-0.25, -0.2) is 0 Å². The average Bonchev–Trinajstić information content (AvgIpc) is 2.61. The van der Waals surface area contributed by atoms with Crippen molar-refractivity contribution < 1.29 is 14.3 Å². The summed E-state index contributed by atoms with van der Waals surface area (Å²) < 4.78 is 5.25. The molecule has 2 aromatic carbocycles. The van der Waals surface area contributed by atoms with Crippen molar-refractivity contribution in [2.45, 2.75) is 6.42 Å². The van der Waals surface area contributed by atoms with Gasteiger partial charge in [-0.05, 0) is 36.4 Å². The molecule has 2 N–H and O–H groups in total. The van der Waals surface area contributed by atoms with Gasteiger partial charge in [0.2, 0.25) is 5.91 Å². The van der Waals surface area contributed by atoms with Gasteiger partial charge in [0.1, 0.15) is 5.75 Å². The van der Waals surface area contributed by atoms with Crippen LogP contribution in [0.4, 0.5) is 11.4 Å². The molecule has 0 saturated carbocycles. The van der Waals surface area contributed by atoms with Crippen LogP contribution in [0.15, 0.2) is 36.4 Å². The lowest BCUT2D eigenvalue weighted by molar-refractivity contribution is -0.115. The SMILES string of the molecule is COc1ccc(Cl)cc1NCCC(=O)Nc1ccc(C(=O)N(C)C)c(Cl)c1. The molecule has 0 atom stereocenters. The van der Waals surface area contributed by atoms with Crippen molar-refractivity contribution in [3.8, 4) is 5.75 Å². The van der Waals surface area contributed by atoms with Crippen LogP contribution in [0.25, 0.3) is 0 Å². The first-order valence-electron chi connectivity index (χ1n) is 8.20. The molecule has 0 spiro atoms. The molecule has 2 aromatic rings. The number of methoxy groups -OCH3 is 1. The van der Waals surface area contributed by atoms with Crippen LogP contribution in [0.1, 0.15) is 16.8 Å². The van der Waals surface area contributed by atoms with Gasteiger partial charge in [-0.2, -0.15) is 0 Å². The Labute approximate surface area is 168 Å². The molecule has 144 valence electrons. The van der Waals surface area contributed by atoms with Crippen molar-refractivity contribution in [1.29, 1.82) is 0 Å². The molecule has 2 amide bonds. The summed E-state index contributed by atoms with van der Waals surface area (Å²) in [5, 5.41) is 6.74. The first-order chi connectivity index (χ1) is 12.8. The highest BCUT2D eigenvalue weighted by molar-refractivity contribution is 6.34. The molecular weight excluding hydrogens is 389 g/mol. The highest BCUT2D eigenvalue weighted by Crippen LogP contribution is 2.27. The molecule has 0 aromatic heterocycles. The maximum Gasteiger partial charge on any atom is 0.254 e. The second-order valence-corrected chi connectivity index (χ2v) is 6.81. The molecule has 0 heterocycles. The monoisotopic (exact) mass is 409 g/mol. The van der Waals surface area contributed by atoms with Gasteiger partial charge in [0.05, 0.1) is 23.4 Å². The van der Waals surface area contributed by atoms with E-state index in [0.29, 0.717) is 34.3 Å². The predicted molar refractivity (Wildman–Crippen MR) is 109 cm³/mol. The van der Waals surface area contributed by atoms with Crippen LogP contribution >= 0.6 is 23.2 Å². The molecule has 6 nitrogen and oxygen atoms in total. The number of anilines is 2. The smallest absolute Gasteiger partial charge is 0.254 e. The summed E-state index contributed by atoms with van der Waals surface area (Å²) in [4.78, 5) is 25.6. The largest absolute Gasteiger partial charge is 0.495 e. The summed E-state index contributed by atoms with van der Waals surface area (Å²) in [6.45, 7) is 0.396. The van der Waals surface area contributed by atoms with Crippen molar-refractivity contribution in [3.05, 3.63) is 52.0 Å². The van der Waals surface area contributed by atoms with E-state index < -0.39 is 0 Å². The third kappa shape index (κ3) is 5.77. The second-order valence-electron chi connectivity index (χ2n) is 5.96. The number of carbonyl (C=O) groups excluding carboxylic acids is 2. The number of benzene rings is 2. The van der Waals surface area contributed by atoms with Crippen molar-refractivity contribution >= 4 is 46.4 Å². The Bertz CT molecular complexity index is 841. The van der Waals surface area contributed by atoms with E-state index in [0.717, 1.165) is 0 Å². The molecule has 0 radical (unpaired) electrons. The van der Waals surface area contributed by atoms with E-state index in [1.807, 2.05) is 0 Å². The van der Waals surface area contributed by atoms with Gasteiger partial charge in [0, 0.05) is 37.8 Å². The van der Waals surface area contributed by atoms with E-state index in [-0.39, 0.29) is 23.3 Å². The van der Waals surface area contributed by atoms with E-state index in [1.165, 1.54) is 4.90 Å². The lowest BCUT2D eigenvalue weighted by Crippen LogP contribution is -2.22. The summed E-state index contributed by atoms with van der Waals surface area (Å²) in [6.07, 6.45) is 0.228. The number of amides is 2. The van der Waals surface area contributed by atoms with E-state index in [9.17, 15) is 9.59 Å². The molecule has 0 aliphatic heterocycles. The standard InChI is InChI=1S/C19H21Cl2N3O3/c1-24(2)19(26)14-6-5-13(11-15(14)21)23-18(25)8-9-22-16-10-12(20)4-7-17(16)27-3/h4-7,10-11,22H,8-9H2,1-3H3,(H,23,25). The maximum absolute atomic E-state index is 12.1. The summed E-state index contributed by atoms with van der Waals surface area (Å²) in [7, 11) is 4.86. The normalized spacial score (nSPS) is 10.3. The Hall–Kier alpha value is -2.44. The van der Waals surface area contributed by atoms with Crippen molar-refractivity contribution in [2.24, 2.45) is 0 Å². The molecule has 0 unspecified atom stereocenters. The fraction of sp³-hybridized carbons (Fsp3) is 0.263. The van der Waals surface area contributed by atoms with Gasteiger partial charge in [0.15, 0.2) is 0 Å². The quantitative estimate of drug-likeness (QED) is 0.720. The van der Waals surface area contributed by atoms with Gasteiger partial charge < -0.3 is 20.3 Å². The summed E-state index contributed by atoms with van der Waals surface area (Å²) in [5.41, 5.74) is 1.63. The van der Waals surface area contributed by atoms with Crippen LogP contribution in [-0.4, -0.2) is 44.5 Å². The summed E-state index contributed by atoms with van der Waals surface area (Å²) in [6, 6.07) is 10.0. The van der Waals surface area contributed by atoms with E-state index in [4.69, 9.17) is 27.9 Å². The molecular formula is C19H21Cl2N3O3. The zero-order valence-electron chi connectivity index (χ0n) is 15.3. The fourth-order valence-corrected chi connectivity index (χ4v) is 2.79. The zero-order valence-corrected chi connectivity index (χ0v) is 16.8. The van der Waals surface area contributed by atoms with Crippen LogP contribution in [-0.2, 0) is 4.79 Å². The number of hydrogen-bond donors (Lipinski definition) is 2. The van der Waals surface area contributed by atoms with Crippen LogP contribution < -0.4 is 15.4 Å². The van der Waals surface area contributed by atoms with E-state index in [1.54, 1.807) is 57.6 Å². The molecule has 0 aliphatic carbocycles. The van der Waals surface area contributed by atoms with Gasteiger partial charge in [0.25, 0.3) is 5.91 Å². The van der Waals surface area contributed by atoms with Crippen LogP contribution in [0.5, 0.6) is 5.75 Å². The molecule has 0 bridgehead atoms.